The third-order valence-electron chi connectivity index (χ3n) is 4.52. The van der Waals surface area contributed by atoms with Crippen LogP contribution in [0, 0.1) is 0 Å². The molecule has 0 aliphatic carbocycles. The van der Waals surface area contributed by atoms with Crippen molar-refractivity contribution < 1.29 is 14.6 Å². The number of hydrogen-bond donors (Lipinski definition) is 1. The van der Waals surface area contributed by atoms with Gasteiger partial charge in [0.15, 0.2) is 0 Å². The second-order valence-electron chi connectivity index (χ2n) is 6.52. The van der Waals surface area contributed by atoms with E-state index in [1.165, 1.54) is 5.56 Å². The number of pyridine rings is 1. The predicted octanol–water partition coefficient (Wildman–Crippen LogP) is 4.17. The van der Waals surface area contributed by atoms with Gasteiger partial charge in [0.1, 0.15) is 11.5 Å². The van der Waals surface area contributed by atoms with Gasteiger partial charge in [0.25, 0.3) is 0 Å². The lowest BCUT2D eigenvalue weighted by molar-refractivity contribution is 0.412. The molecule has 7 nitrogen and oxygen atoms in total. The van der Waals surface area contributed by atoms with Crippen LogP contribution in [0.3, 0.4) is 0 Å². The molecule has 29 heavy (non-hydrogen) atoms. The average Bonchev–Trinajstić information content (AvgIpc) is 2.75. The maximum atomic E-state index is 10.0. The fourth-order valence-corrected chi connectivity index (χ4v) is 2.96. The van der Waals surface area contributed by atoms with Crippen LogP contribution in [-0.4, -0.2) is 34.2 Å². The van der Waals surface area contributed by atoms with Crippen molar-refractivity contribution in [2.24, 2.45) is 0 Å². The van der Waals surface area contributed by atoms with Gasteiger partial charge in [-0.05, 0) is 48.0 Å². The van der Waals surface area contributed by atoms with E-state index in [0.29, 0.717) is 16.7 Å². The first-order valence-corrected chi connectivity index (χ1v) is 9.05. The number of aromatic nitrogens is 3. The molecule has 0 atom stereocenters. The largest absolute Gasteiger partial charge is 0.497 e. The average molecular weight is 388 g/mol. The highest BCUT2D eigenvalue weighted by Crippen LogP contribution is 2.27. The maximum absolute atomic E-state index is 10.0. The number of ether oxygens (including phenoxy) is 2. The highest BCUT2D eigenvalue weighted by atomic mass is 16.5. The summed E-state index contributed by atoms with van der Waals surface area (Å²) in [6, 6.07) is 17.3. The molecule has 4 rings (SSSR count). The fourth-order valence-electron chi connectivity index (χ4n) is 2.96. The first-order chi connectivity index (χ1) is 14.1. The molecule has 0 unspecified atom stereocenters. The molecule has 0 saturated carbocycles. The van der Waals surface area contributed by atoms with Crippen molar-refractivity contribution in [2.75, 3.05) is 19.1 Å². The fraction of sp³-hybridized carbons (Fsp3) is 0.136. The van der Waals surface area contributed by atoms with Gasteiger partial charge in [0.2, 0.25) is 5.88 Å². The van der Waals surface area contributed by atoms with E-state index in [-0.39, 0.29) is 11.9 Å². The Morgan fingerprint density at radius 1 is 0.931 bits per heavy atom. The summed E-state index contributed by atoms with van der Waals surface area (Å²) in [7, 11) is 3.68. The topological polar surface area (TPSA) is 80.6 Å². The normalized spacial score (nSPS) is 10.7. The molecule has 7 heteroatoms. The van der Waals surface area contributed by atoms with Gasteiger partial charge in [-0.2, -0.15) is 9.97 Å². The Hall–Kier alpha value is -3.87. The Bertz CT molecular complexity index is 1120. The summed E-state index contributed by atoms with van der Waals surface area (Å²) in [5, 5.41) is 10.6. The van der Waals surface area contributed by atoms with Crippen molar-refractivity contribution in [3.63, 3.8) is 0 Å². The third-order valence-corrected chi connectivity index (χ3v) is 4.52. The van der Waals surface area contributed by atoms with Gasteiger partial charge in [-0.3, -0.25) is 4.98 Å². The quantitative estimate of drug-likeness (QED) is 0.531. The number of fused-ring (bicyclic) bond motifs is 1. The number of anilines is 1. The van der Waals surface area contributed by atoms with Crippen molar-refractivity contribution >= 4 is 16.6 Å². The van der Waals surface area contributed by atoms with Crippen LogP contribution in [0.15, 0.2) is 67.0 Å². The zero-order chi connectivity index (χ0) is 20.2. The molecule has 2 heterocycles. The number of aromatic hydroxyl groups is 1. The van der Waals surface area contributed by atoms with Crippen LogP contribution in [0.25, 0.3) is 10.9 Å². The molecule has 0 saturated heterocycles. The third kappa shape index (κ3) is 4.19. The first kappa shape index (κ1) is 18.5. The van der Waals surface area contributed by atoms with Crippen LogP contribution in [-0.2, 0) is 6.54 Å². The lowest BCUT2D eigenvalue weighted by atomic mass is 10.2. The van der Waals surface area contributed by atoms with Crippen LogP contribution in [0.4, 0.5) is 5.69 Å². The lowest BCUT2D eigenvalue weighted by Gasteiger charge is -2.20. The molecule has 0 bridgehead atoms. The monoisotopic (exact) mass is 388 g/mol. The molecule has 1 N–H and O–H groups in total. The second kappa shape index (κ2) is 8.02. The van der Waals surface area contributed by atoms with Crippen LogP contribution < -0.4 is 14.4 Å². The summed E-state index contributed by atoms with van der Waals surface area (Å²) in [5.41, 5.74) is 2.74. The molecule has 2 aromatic carbocycles. The Balaban J connectivity index is 1.46. The number of nitrogens with zero attached hydrogens (tertiary/aromatic N) is 4. The number of rotatable bonds is 6. The summed E-state index contributed by atoms with van der Waals surface area (Å²) < 4.78 is 10.9. The van der Waals surface area contributed by atoms with Gasteiger partial charge in [-0.25, -0.2) is 0 Å². The second-order valence-corrected chi connectivity index (χ2v) is 6.52. The number of benzene rings is 2. The first-order valence-electron chi connectivity index (χ1n) is 9.05. The van der Waals surface area contributed by atoms with Gasteiger partial charge in [0.05, 0.1) is 24.2 Å². The van der Waals surface area contributed by atoms with Gasteiger partial charge < -0.3 is 19.5 Å². The Morgan fingerprint density at radius 2 is 1.66 bits per heavy atom. The molecule has 0 amide bonds. The van der Waals surface area contributed by atoms with Crippen molar-refractivity contribution in [1.82, 2.24) is 15.0 Å². The smallest absolute Gasteiger partial charge is 0.325 e. The molecule has 2 aromatic heterocycles. The summed E-state index contributed by atoms with van der Waals surface area (Å²) in [6.45, 7) is 0.763. The Morgan fingerprint density at radius 3 is 2.38 bits per heavy atom. The van der Waals surface area contributed by atoms with Crippen molar-refractivity contribution in [1.29, 1.82) is 0 Å². The molecule has 4 aromatic rings. The molecule has 0 spiro atoms. The van der Waals surface area contributed by atoms with E-state index < -0.39 is 0 Å². The van der Waals surface area contributed by atoms with E-state index in [1.807, 2.05) is 55.6 Å². The zero-order valence-corrected chi connectivity index (χ0v) is 16.1. The molecule has 0 radical (unpaired) electrons. The lowest BCUT2D eigenvalue weighted by Crippen LogP contribution is -2.16. The SMILES string of the molecule is COc1ccc(CN(C)c2ccc(Oc3nc(O)c4ccncc4n3)cc2)cc1. The van der Waals surface area contributed by atoms with E-state index >= 15 is 0 Å². The summed E-state index contributed by atoms with van der Waals surface area (Å²) >= 11 is 0. The minimum atomic E-state index is -0.136. The van der Waals surface area contributed by atoms with E-state index in [1.54, 1.807) is 25.6 Å². The standard InChI is InChI=1S/C22H20N4O3/c1-26(14-15-3-7-17(28-2)8-4-15)16-5-9-18(10-6-16)29-22-24-20-13-23-12-11-19(20)21(27)25-22/h3-13H,14H2,1-2H3,(H,24,25,27). The number of methoxy groups -OCH3 is 1. The van der Waals surface area contributed by atoms with E-state index in [4.69, 9.17) is 9.47 Å². The van der Waals surface area contributed by atoms with Crippen LogP contribution in [0.2, 0.25) is 0 Å². The van der Waals surface area contributed by atoms with Gasteiger partial charge in [0, 0.05) is 25.5 Å². The molecule has 0 aliphatic heterocycles. The van der Waals surface area contributed by atoms with Crippen molar-refractivity contribution in [2.45, 2.75) is 6.54 Å². The van der Waals surface area contributed by atoms with Gasteiger partial charge in [-0.1, -0.05) is 12.1 Å². The number of hydrogen-bond acceptors (Lipinski definition) is 7. The minimum Gasteiger partial charge on any atom is -0.497 e. The zero-order valence-electron chi connectivity index (χ0n) is 16.1. The maximum Gasteiger partial charge on any atom is 0.325 e. The Labute approximate surface area is 168 Å². The molecule has 0 fully saturated rings. The van der Waals surface area contributed by atoms with Crippen molar-refractivity contribution in [3.05, 3.63) is 72.6 Å². The van der Waals surface area contributed by atoms with Crippen LogP contribution in [0.5, 0.6) is 23.4 Å². The molecule has 0 aliphatic rings. The van der Waals surface area contributed by atoms with Gasteiger partial charge >= 0.3 is 6.01 Å². The van der Waals surface area contributed by atoms with Crippen LogP contribution in [0.1, 0.15) is 5.56 Å². The molecule has 146 valence electrons. The van der Waals surface area contributed by atoms with E-state index in [0.717, 1.165) is 18.0 Å². The highest BCUT2D eigenvalue weighted by molar-refractivity contribution is 5.82. The van der Waals surface area contributed by atoms with Crippen molar-refractivity contribution in [3.8, 4) is 23.4 Å². The summed E-state index contributed by atoms with van der Waals surface area (Å²) in [4.78, 5) is 14.4. The van der Waals surface area contributed by atoms with Gasteiger partial charge in [-0.15, -0.1) is 0 Å². The molecular formula is C22H20N4O3. The minimum absolute atomic E-state index is 0.0716. The van der Waals surface area contributed by atoms with Crippen LogP contribution >= 0.6 is 0 Å². The predicted molar refractivity (Wildman–Crippen MR) is 111 cm³/mol. The van der Waals surface area contributed by atoms with E-state index in [2.05, 4.69) is 19.9 Å². The molecular weight excluding hydrogens is 368 g/mol. The summed E-state index contributed by atoms with van der Waals surface area (Å²) in [5.74, 6) is 1.29. The Kier molecular flexibility index (Phi) is 5.11. The highest BCUT2D eigenvalue weighted by Gasteiger charge is 2.09. The van der Waals surface area contributed by atoms with E-state index in [9.17, 15) is 5.11 Å². The summed E-state index contributed by atoms with van der Waals surface area (Å²) in [6.07, 6.45) is 3.13.